The standard InChI is InChI=1S/C25H23NO5S/c1-15-6-8-16(9-7-15)23(27)21-22(17-10-11-19(30-2)20(13-17)31-3)26(25(29)24(21)28)14-18-5-4-12-32-18/h4-13,22,27H,14H2,1-3H3/b23-21-. The van der Waals surface area contributed by atoms with Gasteiger partial charge in [-0.3, -0.25) is 9.59 Å². The zero-order valence-corrected chi connectivity index (χ0v) is 18.8. The quantitative estimate of drug-likeness (QED) is 0.336. The molecule has 0 aliphatic carbocycles. The number of hydrogen-bond donors (Lipinski definition) is 1. The summed E-state index contributed by atoms with van der Waals surface area (Å²) in [5.74, 6) is -0.546. The summed E-state index contributed by atoms with van der Waals surface area (Å²) in [6.45, 7) is 2.19. The maximum absolute atomic E-state index is 13.1. The fourth-order valence-electron chi connectivity index (χ4n) is 3.85. The Morgan fingerprint density at radius 1 is 1.03 bits per heavy atom. The van der Waals surface area contributed by atoms with E-state index >= 15 is 0 Å². The smallest absolute Gasteiger partial charge is 0.295 e. The second-order valence-electron chi connectivity index (χ2n) is 7.49. The number of nitrogens with zero attached hydrogens (tertiary/aromatic N) is 1. The molecule has 0 saturated carbocycles. The molecule has 7 heteroatoms. The number of aliphatic hydroxyl groups excluding tert-OH is 1. The molecule has 6 nitrogen and oxygen atoms in total. The van der Waals surface area contributed by atoms with E-state index in [0.29, 0.717) is 22.6 Å². The van der Waals surface area contributed by atoms with Crippen molar-refractivity contribution in [3.63, 3.8) is 0 Å². The summed E-state index contributed by atoms with van der Waals surface area (Å²) >= 11 is 1.50. The number of amides is 1. The number of carbonyl (C=O) groups is 2. The minimum Gasteiger partial charge on any atom is -0.507 e. The summed E-state index contributed by atoms with van der Waals surface area (Å²) in [6.07, 6.45) is 0. The van der Waals surface area contributed by atoms with Crippen molar-refractivity contribution < 1.29 is 24.2 Å². The van der Waals surface area contributed by atoms with Crippen LogP contribution in [0.4, 0.5) is 0 Å². The molecule has 1 aromatic heterocycles. The van der Waals surface area contributed by atoms with Gasteiger partial charge < -0.3 is 19.5 Å². The van der Waals surface area contributed by atoms with E-state index in [-0.39, 0.29) is 17.9 Å². The molecule has 2 aromatic carbocycles. The molecule has 1 N–H and O–H groups in total. The van der Waals surface area contributed by atoms with Gasteiger partial charge in [0, 0.05) is 10.4 Å². The highest BCUT2D eigenvalue weighted by atomic mass is 32.1. The molecule has 1 saturated heterocycles. The Morgan fingerprint density at radius 2 is 1.75 bits per heavy atom. The van der Waals surface area contributed by atoms with Gasteiger partial charge in [0.05, 0.1) is 32.4 Å². The van der Waals surface area contributed by atoms with Crippen molar-refractivity contribution in [3.05, 3.63) is 87.1 Å². The van der Waals surface area contributed by atoms with Crippen LogP contribution in [0, 0.1) is 6.92 Å². The molecule has 1 amide bonds. The number of ether oxygens (including phenoxy) is 2. The van der Waals surface area contributed by atoms with Crippen LogP contribution in [0.1, 0.15) is 27.6 Å². The molecule has 1 fully saturated rings. The summed E-state index contributed by atoms with van der Waals surface area (Å²) in [7, 11) is 3.06. The average molecular weight is 450 g/mol. The Labute approximate surface area is 190 Å². The predicted molar refractivity (Wildman–Crippen MR) is 123 cm³/mol. The normalized spacial score (nSPS) is 17.6. The van der Waals surface area contributed by atoms with E-state index in [0.717, 1.165) is 10.4 Å². The Hall–Kier alpha value is -3.58. The summed E-state index contributed by atoms with van der Waals surface area (Å²) < 4.78 is 10.8. The maximum Gasteiger partial charge on any atom is 0.295 e. The third-order valence-electron chi connectivity index (χ3n) is 5.49. The van der Waals surface area contributed by atoms with Gasteiger partial charge in [-0.05, 0) is 36.1 Å². The second kappa shape index (κ2) is 8.88. The summed E-state index contributed by atoms with van der Waals surface area (Å²) in [6, 6.07) is 15.5. The SMILES string of the molecule is COc1ccc(C2/C(=C(/O)c3ccc(C)cc3)C(=O)C(=O)N2Cc2cccs2)cc1OC. The first kappa shape index (κ1) is 21.6. The van der Waals surface area contributed by atoms with E-state index in [4.69, 9.17) is 9.47 Å². The van der Waals surface area contributed by atoms with E-state index in [2.05, 4.69) is 0 Å². The molecule has 1 unspecified atom stereocenters. The monoisotopic (exact) mass is 449 g/mol. The zero-order valence-electron chi connectivity index (χ0n) is 18.0. The predicted octanol–water partition coefficient (Wildman–Crippen LogP) is 4.70. The number of methoxy groups -OCH3 is 2. The fraction of sp³-hybridized carbons (Fsp3) is 0.200. The molecule has 32 heavy (non-hydrogen) atoms. The Morgan fingerprint density at radius 3 is 2.38 bits per heavy atom. The fourth-order valence-corrected chi connectivity index (χ4v) is 4.55. The van der Waals surface area contributed by atoms with E-state index in [1.165, 1.54) is 30.5 Å². The zero-order chi connectivity index (χ0) is 22.8. The molecule has 0 radical (unpaired) electrons. The molecule has 1 aliphatic rings. The lowest BCUT2D eigenvalue weighted by molar-refractivity contribution is -0.140. The molecule has 2 heterocycles. The van der Waals surface area contributed by atoms with Crippen molar-refractivity contribution in [3.8, 4) is 11.5 Å². The first-order valence-corrected chi connectivity index (χ1v) is 10.9. The second-order valence-corrected chi connectivity index (χ2v) is 8.52. The van der Waals surface area contributed by atoms with Crippen LogP contribution >= 0.6 is 11.3 Å². The summed E-state index contributed by atoms with van der Waals surface area (Å²) in [4.78, 5) is 28.6. The van der Waals surface area contributed by atoms with Gasteiger partial charge in [0.25, 0.3) is 11.7 Å². The van der Waals surface area contributed by atoms with Crippen LogP contribution in [-0.4, -0.2) is 35.9 Å². The molecular formula is C25H23NO5S. The first-order chi connectivity index (χ1) is 15.4. The van der Waals surface area contributed by atoms with E-state index in [1.807, 2.05) is 36.6 Å². The van der Waals surface area contributed by atoms with Gasteiger partial charge in [-0.1, -0.05) is 42.0 Å². The largest absolute Gasteiger partial charge is 0.507 e. The number of ketones is 1. The van der Waals surface area contributed by atoms with Crippen LogP contribution < -0.4 is 9.47 Å². The summed E-state index contributed by atoms with van der Waals surface area (Å²) in [5, 5.41) is 13.0. The number of rotatable bonds is 6. The minimum atomic E-state index is -0.766. The van der Waals surface area contributed by atoms with Gasteiger partial charge >= 0.3 is 0 Å². The Bertz CT molecular complexity index is 1180. The van der Waals surface area contributed by atoms with Crippen LogP contribution in [0.25, 0.3) is 5.76 Å². The Balaban J connectivity index is 1.89. The molecule has 0 bridgehead atoms. The topological polar surface area (TPSA) is 76.1 Å². The third kappa shape index (κ3) is 3.87. The average Bonchev–Trinajstić information content (AvgIpc) is 3.41. The molecule has 4 rings (SSSR count). The number of thiophene rings is 1. The number of hydrogen-bond acceptors (Lipinski definition) is 6. The van der Waals surface area contributed by atoms with Crippen LogP contribution in [0.3, 0.4) is 0 Å². The highest BCUT2D eigenvalue weighted by molar-refractivity contribution is 7.09. The lowest BCUT2D eigenvalue weighted by Gasteiger charge is -2.25. The molecule has 1 atom stereocenters. The van der Waals surface area contributed by atoms with Gasteiger partial charge in [-0.15, -0.1) is 11.3 Å². The van der Waals surface area contributed by atoms with Crippen molar-refractivity contribution in [2.45, 2.75) is 19.5 Å². The number of Topliss-reactive ketones (excluding diaryl/α,β-unsaturated/α-hetero) is 1. The maximum atomic E-state index is 13.1. The number of aryl methyl sites for hydroxylation is 1. The first-order valence-electron chi connectivity index (χ1n) is 10.0. The van der Waals surface area contributed by atoms with E-state index in [9.17, 15) is 14.7 Å². The van der Waals surface area contributed by atoms with Crippen molar-refractivity contribution in [2.24, 2.45) is 0 Å². The minimum absolute atomic E-state index is 0.0580. The van der Waals surface area contributed by atoms with Crippen molar-refractivity contribution in [1.29, 1.82) is 0 Å². The molecule has 3 aromatic rings. The lowest BCUT2D eigenvalue weighted by Crippen LogP contribution is -2.28. The van der Waals surface area contributed by atoms with Gasteiger partial charge in [0.15, 0.2) is 11.5 Å². The van der Waals surface area contributed by atoms with Crippen molar-refractivity contribution in [1.82, 2.24) is 4.90 Å². The number of carbonyl (C=O) groups excluding carboxylic acids is 2. The van der Waals surface area contributed by atoms with Gasteiger partial charge in [-0.25, -0.2) is 0 Å². The molecule has 164 valence electrons. The third-order valence-corrected chi connectivity index (χ3v) is 6.36. The van der Waals surface area contributed by atoms with E-state index in [1.54, 1.807) is 30.3 Å². The van der Waals surface area contributed by atoms with Crippen LogP contribution in [0.5, 0.6) is 11.5 Å². The van der Waals surface area contributed by atoms with Crippen molar-refractivity contribution >= 4 is 28.8 Å². The van der Waals surface area contributed by atoms with Gasteiger partial charge in [0.1, 0.15) is 5.76 Å². The van der Waals surface area contributed by atoms with Crippen LogP contribution in [-0.2, 0) is 16.1 Å². The molecule has 0 spiro atoms. The Kier molecular flexibility index (Phi) is 6.01. The van der Waals surface area contributed by atoms with Gasteiger partial charge in [0.2, 0.25) is 0 Å². The van der Waals surface area contributed by atoms with E-state index < -0.39 is 17.7 Å². The molecular weight excluding hydrogens is 426 g/mol. The number of benzene rings is 2. The van der Waals surface area contributed by atoms with Crippen molar-refractivity contribution in [2.75, 3.05) is 14.2 Å². The number of aliphatic hydroxyl groups is 1. The van der Waals surface area contributed by atoms with Gasteiger partial charge in [-0.2, -0.15) is 0 Å². The van der Waals surface area contributed by atoms with Crippen LogP contribution in [0.15, 0.2) is 65.6 Å². The highest BCUT2D eigenvalue weighted by Gasteiger charge is 2.46. The lowest BCUT2D eigenvalue weighted by atomic mass is 9.94. The van der Waals surface area contributed by atoms with Crippen LogP contribution in [0.2, 0.25) is 0 Å². The number of likely N-dealkylation sites (tertiary alicyclic amines) is 1. The highest BCUT2D eigenvalue weighted by Crippen LogP contribution is 2.42. The summed E-state index contributed by atoms with van der Waals surface area (Å²) in [5.41, 5.74) is 2.21. The molecule has 1 aliphatic heterocycles.